The summed E-state index contributed by atoms with van der Waals surface area (Å²) in [5, 5.41) is 3.31. The number of para-hydroxylation sites is 1. The average molecular weight is 549 g/mol. The fourth-order valence-corrected chi connectivity index (χ4v) is 5.14. The number of esters is 1. The molecule has 2 heterocycles. The van der Waals surface area contributed by atoms with Crippen molar-refractivity contribution in [3.8, 4) is 0 Å². The second-order valence-corrected chi connectivity index (χ2v) is 9.65. The molecule has 202 valence electrons. The van der Waals surface area contributed by atoms with Gasteiger partial charge in [-0.2, -0.15) is 4.37 Å². The molecule has 0 aliphatic rings. The minimum absolute atomic E-state index is 0.0500. The Balaban J connectivity index is 1.92. The molecule has 39 heavy (non-hydrogen) atoms. The zero-order valence-electron chi connectivity index (χ0n) is 21.6. The number of nitrogen functional groups attached to an aromatic ring is 1. The van der Waals surface area contributed by atoms with Crippen LogP contribution < -0.4 is 21.7 Å². The molecule has 0 aliphatic heterocycles. The van der Waals surface area contributed by atoms with Gasteiger partial charge in [0.1, 0.15) is 17.5 Å². The van der Waals surface area contributed by atoms with Crippen LogP contribution in [0.15, 0.2) is 48.7 Å². The number of ether oxygens (including phenoxy) is 1. The van der Waals surface area contributed by atoms with Gasteiger partial charge in [-0.3, -0.25) is 24.1 Å². The SMILES string of the molecule is CCOC(=O)CNC(=O)[C@@H](c1c[nH]c2ccccc12)N(C(=O)c1snc(C(N)=O)c1N)c1cc(C)cc(C)c1. The third kappa shape index (κ3) is 5.60. The van der Waals surface area contributed by atoms with Crippen molar-refractivity contribution in [1.82, 2.24) is 14.7 Å². The van der Waals surface area contributed by atoms with E-state index in [1.807, 2.05) is 44.2 Å². The number of H-pyrrole nitrogens is 1. The zero-order chi connectivity index (χ0) is 28.3. The number of aromatic amines is 1. The van der Waals surface area contributed by atoms with Crippen molar-refractivity contribution in [2.45, 2.75) is 26.8 Å². The molecule has 3 amide bonds. The lowest BCUT2D eigenvalue weighted by atomic mass is 10.0. The highest BCUT2D eigenvalue weighted by atomic mass is 32.1. The number of anilines is 2. The van der Waals surface area contributed by atoms with Crippen LogP contribution in [0, 0.1) is 13.8 Å². The summed E-state index contributed by atoms with van der Waals surface area (Å²) >= 11 is 0.718. The highest BCUT2D eigenvalue weighted by molar-refractivity contribution is 7.09. The Labute approximate surface area is 228 Å². The van der Waals surface area contributed by atoms with Gasteiger partial charge in [0, 0.05) is 28.4 Å². The molecular formula is C27H28N6O5S. The molecule has 1 atom stereocenters. The summed E-state index contributed by atoms with van der Waals surface area (Å²) in [5.41, 5.74) is 14.5. The Morgan fingerprint density at radius 3 is 2.46 bits per heavy atom. The average Bonchev–Trinajstić information content (AvgIpc) is 3.48. The third-order valence-corrected chi connectivity index (χ3v) is 6.84. The Kier molecular flexibility index (Phi) is 7.96. The van der Waals surface area contributed by atoms with Crippen LogP contribution in [-0.2, 0) is 14.3 Å². The Hall–Kier alpha value is -4.71. The maximum atomic E-state index is 14.2. The smallest absolute Gasteiger partial charge is 0.325 e. The summed E-state index contributed by atoms with van der Waals surface area (Å²) in [4.78, 5) is 56.4. The molecular weight excluding hydrogens is 520 g/mol. The second-order valence-electron chi connectivity index (χ2n) is 8.87. The van der Waals surface area contributed by atoms with Crippen molar-refractivity contribution < 1.29 is 23.9 Å². The molecule has 0 saturated heterocycles. The molecule has 4 rings (SSSR count). The maximum absolute atomic E-state index is 14.2. The van der Waals surface area contributed by atoms with Gasteiger partial charge in [-0.15, -0.1) is 0 Å². The Morgan fingerprint density at radius 1 is 1.13 bits per heavy atom. The zero-order valence-corrected chi connectivity index (χ0v) is 22.4. The lowest BCUT2D eigenvalue weighted by Gasteiger charge is -2.31. The van der Waals surface area contributed by atoms with E-state index in [4.69, 9.17) is 16.2 Å². The van der Waals surface area contributed by atoms with Gasteiger partial charge >= 0.3 is 5.97 Å². The molecule has 0 fully saturated rings. The number of carbonyl (C=O) groups is 4. The fraction of sp³-hybridized carbons (Fsp3) is 0.222. The molecule has 6 N–H and O–H groups in total. The fourth-order valence-electron chi connectivity index (χ4n) is 4.40. The first-order chi connectivity index (χ1) is 18.6. The van der Waals surface area contributed by atoms with Crippen molar-refractivity contribution >= 4 is 57.5 Å². The van der Waals surface area contributed by atoms with Gasteiger partial charge < -0.3 is 26.5 Å². The first-order valence-corrected chi connectivity index (χ1v) is 12.9. The second kappa shape index (κ2) is 11.4. The predicted molar refractivity (Wildman–Crippen MR) is 148 cm³/mol. The van der Waals surface area contributed by atoms with Crippen molar-refractivity contribution in [2.24, 2.45) is 5.73 Å². The first-order valence-electron chi connectivity index (χ1n) is 12.1. The van der Waals surface area contributed by atoms with E-state index in [2.05, 4.69) is 14.7 Å². The van der Waals surface area contributed by atoms with E-state index in [0.717, 1.165) is 28.2 Å². The number of aromatic nitrogens is 2. The van der Waals surface area contributed by atoms with Gasteiger partial charge in [0.15, 0.2) is 5.69 Å². The number of primary amides is 1. The largest absolute Gasteiger partial charge is 0.465 e. The number of carbonyl (C=O) groups excluding carboxylic acids is 4. The van der Waals surface area contributed by atoms with Crippen LogP contribution in [0.3, 0.4) is 0 Å². The highest BCUT2D eigenvalue weighted by Crippen LogP contribution is 2.36. The molecule has 2 aromatic heterocycles. The number of aryl methyl sites for hydroxylation is 2. The van der Waals surface area contributed by atoms with Gasteiger partial charge in [-0.1, -0.05) is 24.3 Å². The van der Waals surface area contributed by atoms with Crippen molar-refractivity contribution in [1.29, 1.82) is 0 Å². The molecule has 11 nitrogen and oxygen atoms in total. The van der Waals surface area contributed by atoms with E-state index < -0.39 is 36.3 Å². The van der Waals surface area contributed by atoms with Crippen molar-refractivity contribution in [2.75, 3.05) is 23.8 Å². The quantitative estimate of drug-likeness (QED) is 0.233. The monoisotopic (exact) mass is 548 g/mol. The molecule has 0 aliphatic carbocycles. The molecule has 0 unspecified atom stereocenters. The van der Waals surface area contributed by atoms with Gasteiger partial charge in [0.2, 0.25) is 5.91 Å². The van der Waals surface area contributed by atoms with Gasteiger partial charge in [0.05, 0.1) is 12.3 Å². The lowest BCUT2D eigenvalue weighted by molar-refractivity contribution is -0.143. The van der Waals surface area contributed by atoms with E-state index in [9.17, 15) is 19.2 Å². The summed E-state index contributed by atoms with van der Waals surface area (Å²) in [7, 11) is 0. The number of hydrogen-bond acceptors (Lipinski definition) is 8. The number of amides is 3. The molecule has 12 heteroatoms. The summed E-state index contributed by atoms with van der Waals surface area (Å²) in [5.74, 6) is -2.78. The van der Waals surface area contributed by atoms with Crippen LogP contribution in [0.5, 0.6) is 0 Å². The van der Waals surface area contributed by atoms with Gasteiger partial charge in [-0.25, -0.2) is 0 Å². The number of fused-ring (bicyclic) bond motifs is 1. The molecule has 2 aromatic carbocycles. The van der Waals surface area contributed by atoms with E-state index in [1.165, 1.54) is 4.90 Å². The summed E-state index contributed by atoms with van der Waals surface area (Å²) in [6, 6.07) is 11.5. The predicted octanol–water partition coefficient (Wildman–Crippen LogP) is 2.99. The molecule has 0 bridgehead atoms. The van der Waals surface area contributed by atoms with E-state index in [-0.39, 0.29) is 22.9 Å². The number of nitrogens with two attached hydrogens (primary N) is 2. The lowest BCUT2D eigenvalue weighted by Crippen LogP contribution is -2.45. The molecule has 0 spiro atoms. The summed E-state index contributed by atoms with van der Waals surface area (Å²) in [6.07, 6.45) is 1.65. The van der Waals surface area contributed by atoms with Crippen LogP contribution in [0.2, 0.25) is 0 Å². The number of hydrogen-bond donors (Lipinski definition) is 4. The Morgan fingerprint density at radius 2 is 1.82 bits per heavy atom. The van der Waals surface area contributed by atoms with Crippen molar-refractivity contribution in [3.05, 3.63) is 75.9 Å². The van der Waals surface area contributed by atoms with Gasteiger partial charge in [0.25, 0.3) is 11.8 Å². The van der Waals surface area contributed by atoms with E-state index >= 15 is 0 Å². The minimum atomic E-state index is -1.25. The first kappa shape index (κ1) is 27.3. The summed E-state index contributed by atoms with van der Waals surface area (Å²) < 4.78 is 8.93. The normalized spacial score (nSPS) is 11.7. The number of nitrogens with zero attached hydrogens (tertiary/aromatic N) is 2. The topological polar surface area (TPSA) is 174 Å². The summed E-state index contributed by atoms with van der Waals surface area (Å²) in [6.45, 7) is 5.16. The van der Waals surface area contributed by atoms with Crippen LogP contribution in [0.4, 0.5) is 11.4 Å². The standard InChI is InChI=1S/C27H28N6O5S/c1-4-38-20(34)13-31-26(36)23(18-12-30-19-8-6-5-7-17(18)19)33(16-10-14(2)9-15(3)11-16)27(37)24-21(28)22(25(29)35)32-39-24/h5-12,23,30H,4,13,28H2,1-3H3,(H2,29,35)(H,31,36)/t23-/m1/s1. The maximum Gasteiger partial charge on any atom is 0.325 e. The third-order valence-electron chi connectivity index (χ3n) is 5.99. The van der Waals surface area contributed by atoms with Crippen molar-refractivity contribution in [3.63, 3.8) is 0 Å². The van der Waals surface area contributed by atoms with E-state index in [1.54, 1.807) is 25.3 Å². The van der Waals surface area contributed by atoms with Crippen LogP contribution >= 0.6 is 11.5 Å². The van der Waals surface area contributed by atoms with Crippen LogP contribution in [0.1, 0.15) is 49.8 Å². The molecule has 0 saturated carbocycles. The number of nitrogens with one attached hydrogen (secondary N) is 2. The van der Waals surface area contributed by atoms with E-state index in [0.29, 0.717) is 16.6 Å². The number of rotatable bonds is 9. The van der Waals surface area contributed by atoms with Crippen LogP contribution in [-0.4, -0.2) is 46.2 Å². The Bertz CT molecular complexity index is 1560. The molecule has 0 radical (unpaired) electrons. The minimum Gasteiger partial charge on any atom is -0.465 e. The highest BCUT2D eigenvalue weighted by Gasteiger charge is 2.37. The molecule has 4 aromatic rings. The van der Waals surface area contributed by atoms with Gasteiger partial charge in [-0.05, 0) is 61.6 Å². The van der Waals surface area contributed by atoms with Crippen LogP contribution in [0.25, 0.3) is 10.9 Å². The number of benzene rings is 2.